The van der Waals surface area contributed by atoms with E-state index in [1.807, 2.05) is 12.1 Å². The molecule has 1 aliphatic carbocycles. The lowest BCUT2D eigenvalue weighted by Gasteiger charge is -2.16. The van der Waals surface area contributed by atoms with Crippen molar-refractivity contribution in [2.24, 2.45) is 0 Å². The summed E-state index contributed by atoms with van der Waals surface area (Å²) in [5, 5.41) is 11.2. The standard InChI is InChI=1S/C16H21NO4S/c18-15(17-7-8-22-11-16(19)20)10-21-14-6-5-12-3-1-2-4-13(12)9-14/h5-6,9H,1-4,7-8,10-11H2,(H,17,18)(H,19,20). The second kappa shape index (κ2) is 8.68. The van der Waals surface area contributed by atoms with Gasteiger partial charge in [-0.3, -0.25) is 9.59 Å². The Morgan fingerprint density at radius 3 is 2.77 bits per heavy atom. The molecule has 0 saturated carbocycles. The van der Waals surface area contributed by atoms with E-state index in [0.29, 0.717) is 12.3 Å². The van der Waals surface area contributed by atoms with E-state index < -0.39 is 5.97 Å². The fourth-order valence-corrected chi connectivity index (χ4v) is 2.99. The molecule has 0 radical (unpaired) electrons. The van der Waals surface area contributed by atoms with E-state index in [9.17, 15) is 9.59 Å². The number of carboxylic acids is 1. The molecule has 0 heterocycles. The minimum Gasteiger partial charge on any atom is -0.484 e. The van der Waals surface area contributed by atoms with Gasteiger partial charge in [-0.25, -0.2) is 0 Å². The van der Waals surface area contributed by atoms with Crippen molar-refractivity contribution in [2.45, 2.75) is 25.7 Å². The molecule has 1 aromatic rings. The SMILES string of the molecule is O=C(O)CSCCNC(=O)COc1ccc2c(c1)CCCC2. The van der Waals surface area contributed by atoms with Crippen LogP contribution < -0.4 is 10.1 Å². The number of carboxylic acid groups (broad SMARTS) is 1. The predicted molar refractivity (Wildman–Crippen MR) is 86.5 cm³/mol. The number of hydrogen-bond donors (Lipinski definition) is 2. The fourth-order valence-electron chi connectivity index (χ4n) is 2.42. The number of benzene rings is 1. The zero-order valence-electron chi connectivity index (χ0n) is 12.5. The Labute approximate surface area is 134 Å². The number of carbonyl (C=O) groups excluding carboxylic acids is 1. The molecule has 0 aliphatic heterocycles. The molecular formula is C16H21NO4S. The van der Waals surface area contributed by atoms with Gasteiger partial charge in [0.25, 0.3) is 5.91 Å². The summed E-state index contributed by atoms with van der Waals surface area (Å²) in [6, 6.07) is 6.04. The van der Waals surface area contributed by atoms with Gasteiger partial charge in [0.15, 0.2) is 6.61 Å². The Hall–Kier alpha value is -1.69. The quantitative estimate of drug-likeness (QED) is 0.715. The van der Waals surface area contributed by atoms with Crippen LogP contribution in [-0.4, -0.2) is 41.6 Å². The number of hydrogen-bond acceptors (Lipinski definition) is 4. The predicted octanol–water partition coefficient (Wildman–Crippen LogP) is 1.88. The third-order valence-electron chi connectivity index (χ3n) is 3.48. The van der Waals surface area contributed by atoms with Gasteiger partial charge >= 0.3 is 5.97 Å². The van der Waals surface area contributed by atoms with Crippen LogP contribution in [0.25, 0.3) is 0 Å². The van der Waals surface area contributed by atoms with Crippen LogP contribution in [0.1, 0.15) is 24.0 Å². The molecule has 2 N–H and O–H groups in total. The summed E-state index contributed by atoms with van der Waals surface area (Å²) in [6.45, 7) is 0.437. The van der Waals surface area contributed by atoms with Crippen LogP contribution in [0, 0.1) is 0 Å². The molecule has 1 aliphatic rings. The maximum absolute atomic E-state index is 11.6. The largest absolute Gasteiger partial charge is 0.484 e. The van der Waals surface area contributed by atoms with Crippen LogP contribution in [0.2, 0.25) is 0 Å². The average molecular weight is 323 g/mol. The van der Waals surface area contributed by atoms with Gasteiger partial charge in [0.05, 0.1) is 5.75 Å². The number of amides is 1. The number of nitrogens with one attached hydrogen (secondary N) is 1. The molecule has 120 valence electrons. The van der Waals surface area contributed by atoms with E-state index in [2.05, 4.69) is 11.4 Å². The first-order valence-electron chi connectivity index (χ1n) is 7.46. The van der Waals surface area contributed by atoms with Gasteiger partial charge < -0.3 is 15.2 Å². The Balaban J connectivity index is 1.67. The van der Waals surface area contributed by atoms with E-state index in [1.165, 1.54) is 35.7 Å². The summed E-state index contributed by atoms with van der Waals surface area (Å²) in [5.74, 6) is 0.343. The van der Waals surface area contributed by atoms with E-state index in [4.69, 9.17) is 9.84 Å². The van der Waals surface area contributed by atoms with Crippen molar-refractivity contribution in [1.82, 2.24) is 5.32 Å². The zero-order chi connectivity index (χ0) is 15.8. The first-order valence-corrected chi connectivity index (χ1v) is 8.61. The molecule has 0 fully saturated rings. The van der Waals surface area contributed by atoms with Crippen LogP contribution in [0.4, 0.5) is 0 Å². The summed E-state index contributed by atoms with van der Waals surface area (Å²) >= 11 is 1.28. The number of thioether (sulfide) groups is 1. The van der Waals surface area contributed by atoms with Crippen molar-refractivity contribution < 1.29 is 19.4 Å². The van der Waals surface area contributed by atoms with Crippen molar-refractivity contribution in [2.75, 3.05) is 24.7 Å². The van der Waals surface area contributed by atoms with Gasteiger partial charge in [-0.15, -0.1) is 11.8 Å². The van der Waals surface area contributed by atoms with Crippen molar-refractivity contribution in [3.8, 4) is 5.75 Å². The lowest BCUT2D eigenvalue weighted by Crippen LogP contribution is -2.30. The van der Waals surface area contributed by atoms with E-state index >= 15 is 0 Å². The highest BCUT2D eigenvalue weighted by Crippen LogP contribution is 2.25. The average Bonchev–Trinajstić information content (AvgIpc) is 2.52. The second-order valence-corrected chi connectivity index (χ2v) is 6.33. The lowest BCUT2D eigenvalue weighted by molar-refractivity contribution is -0.133. The Bertz CT molecular complexity index is 533. The summed E-state index contributed by atoms with van der Waals surface area (Å²) in [7, 11) is 0. The van der Waals surface area contributed by atoms with Crippen molar-refractivity contribution in [1.29, 1.82) is 0 Å². The molecule has 1 amide bonds. The Morgan fingerprint density at radius 1 is 1.23 bits per heavy atom. The van der Waals surface area contributed by atoms with Crippen molar-refractivity contribution in [3.05, 3.63) is 29.3 Å². The fraction of sp³-hybridized carbons (Fsp3) is 0.500. The topological polar surface area (TPSA) is 75.6 Å². The number of carbonyl (C=O) groups is 2. The van der Waals surface area contributed by atoms with Gasteiger partial charge in [0.2, 0.25) is 0 Å². The maximum atomic E-state index is 11.6. The highest BCUT2D eigenvalue weighted by Gasteiger charge is 2.10. The van der Waals surface area contributed by atoms with Crippen LogP contribution in [-0.2, 0) is 22.4 Å². The molecule has 0 bridgehead atoms. The molecule has 2 rings (SSSR count). The maximum Gasteiger partial charge on any atom is 0.313 e. The zero-order valence-corrected chi connectivity index (χ0v) is 13.3. The van der Waals surface area contributed by atoms with Crippen molar-refractivity contribution in [3.63, 3.8) is 0 Å². The number of aryl methyl sites for hydroxylation is 2. The summed E-state index contributed by atoms with van der Waals surface area (Å²) < 4.78 is 5.52. The van der Waals surface area contributed by atoms with Crippen LogP contribution in [0.15, 0.2) is 18.2 Å². The first-order chi connectivity index (χ1) is 10.6. The lowest BCUT2D eigenvalue weighted by atomic mass is 9.92. The first kappa shape index (κ1) is 16.7. The summed E-state index contributed by atoms with van der Waals surface area (Å²) in [4.78, 5) is 22.0. The molecule has 6 heteroatoms. The molecule has 1 aromatic carbocycles. The monoisotopic (exact) mass is 323 g/mol. The van der Waals surface area contributed by atoms with E-state index in [1.54, 1.807) is 0 Å². The summed E-state index contributed by atoms with van der Waals surface area (Å²) in [5.41, 5.74) is 2.72. The smallest absolute Gasteiger partial charge is 0.313 e. The van der Waals surface area contributed by atoms with E-state index in [0.717, 1.165) is 18.6 Å². The molecule has 22 heavy (non-hydrogen) atoms. The number of aliphatic carboxylic acids is 1. The highest BCUT2D eigenvalue weighted by atomic mass is 32.2. The van der Waals surface area contributed by atoms with Gasteiger partial charge in [-0.2, -0.15) is 0 Å². The minimum atomic E-state index is -0.841. The van der Waals surface area contributed by atoms with Crippen LogP contribution >= 0.6 is 11.8 Å². The third-order valence-corrected chi connectivity index (χ3v) is 4.43. The molecule has 0 spiro atoms. The van der Waals surface area contributed by atoms with Gasteiger partial charge in [0.1, 0.15) is 5.75 Å². The van der Waals surface area contributed by atoms with Crippen LogP contribution in [0.3, 0.4) is 0 Å². The normalized spacial score (nSPS) is 13.3. The molecule has 0 saturated heterocycles. The molecule has 0 unspecified atom stereocenters. The third kappa shape index (κ3) is 5.60. The van der Waals surface area contributed by atoms with E-state index in [-0.39, 0.29) is 18.3 Å². The summed E-state index contributed by atoms with van der Waals surface area (Å²) in [6.07, 6.45) is 4.67. The number of fused-ring (bicyclic) bond motifs is 1. The van der Waals surface area contributed by atoms with Crippen molar-refractivity contribution >= 4 is 23.6 Å². The Morgan fingerprint density at radius 2 is 2.00 bits per heavy atom. The minimum absolute atomic E-state index is 0.0115. The van der Waals surface area contributed by atoms with Gasteiger partial charge in [-0.05, 0) is 48.9 Å². The highest BCUT2D eigenvalue weighted by molar-refractivity contribution is 7.99. The number of ether oxygens (including phenoxy) is 1. The van der Waals surface area contributed by atoms with Gasteiger partial charge in [0, 0.05) is 12.3 Å². The molecule has 0 aromatic heterocycles. The Kier molecular flexibility index (Phi) is 6.58. The number of rotatable bonds is 8. The van der Waals surface area contributed by atoms with Gasteiger partial charge in [-0.1, -0.05) is 6.07 Å². The molecule has 5 nitrogen and oxygen atoms in total. The second-order valence-electron chi connectivity index (χ2n) is 5.22. The molecule has 0 atom stereocenters. The molecular weight excluding hydrogens is 302 g/mol. The van der Waals surface area contributed by atoms with Crippen LogP contribution in [0.5, 0.6) is 5.75 Å².